The molecule has 0 bridgehead atoms. The van der Waals surface area contributed by atoms with Crippen molar-refractivity contribution in [3.05, 3.63) is 56.5 Å². The Labute approximate surface area is 134 Å². The molecule has 5 heteroatoms. The molecule has 3 rings (SSSR count). The number of hydrogen-bond acceptors (Lipinski definition) is 2. The van der Waals surface area contributed by atoms with Crippen LogP contribution in [0.5, 0.6) is 0 Å². The van der Waals surface area contributed by atoms with Gasteiger partial charge in [-0.3, -0.25) is 0 Å². The van der Waals surface area contributed by atoms with Gasteiger partial charge in [0.2, 0.25) is 0 Å². The Hall–Kier alpha value is -1.27. The maximum absolute atomic E-state index is 14.0. The van der Waals surface area contributed by atoms with Gasteiger partial charge in [-0.15, -0.1) is 0 Å². The first kappa shape index (κ1) is 13.7. The molecule has 0 aliphatic rings. The van der Waals surface area contributed by atoms with Crippen molar-refractivity contribution in [2.45, 2.75) is 6.92 Å². The Balaban J connectivity index is 2.24. The fourth-order valence-corrected chi connectivity index (χ4v) is 2.71. The molecule has 0 aliphatic carbocycles. The summed E-state index contributed by atoms with van der Waals surface area (Å²) < 4.78 is 15.1. The molecule has 0 radical (unpaired) electrons. The Bertz CT molecular complexity index is 820. The molecule has 0 unspecified atom stereocenters. The normalized spacial score (nSPS) is 11.0. The van der Waals surface area contributed by atoms with Crippen LogP contribution in [0.2, 0.25) is 5.15 Å². The second kappa shape index (κ2) is 5.26. The van der Waals surface area contributed by atoms with Crippen molar-refractivity contribution < 1.29 is 4.39 Å². The maximum Gasteiger partial charge on any atom is 0.164 e. The monoisotopic (exact) mass is 398 g/mol. The minimum atomic E-state index is -0.342. The first-order chi connectivity index (χ1) is 9.54. The number of aryl methyl sites for hydroxylation is 1. The minimum absolute atomic E-state index is 0.307. The van der Waals surface area contributed by atoms with E-state index >= 15 is 0 Å². The van der Waals surface area contributed by atoms with Gasteiger partial charge in [0.25, 0.3) is 0 Å². The van der Waals surface area contributed by atoms with E-state index in [-0.39, 0.29) is 5.82 Å². The van der Waals surface area contributed by atoms with Crippen LogP contribution in [0.25, 0.3) is 22.3 Å². The zero-order valence-corrected chi connectivity index (χ0v) is 13.4. The number of fused-ring (bicyclic) bond motifs is 1. The molecule has 0 fully saturated rings. The molecule has 0 saturated carbocycles. The van der Waals surface area contributed by atoms with Crippen LogP contribution in [-0.4, -0.2) is 9.97 Å². The lowest BCUT2D eigenvalue weighted by atomic mass is 10.1. The molecule has 0 saturated heterocycles. The number of benzene rings is 2. The predicted molar refractivity (Wildman–Crippen MR) is 87.4 cm³/mol. The third-order valence-electron chi connectivity index (χ3n) is 2.98. The highest BCUT2D eigenvalue weighted by atomic mass is 127. The van der Waals surface area contributed by atoms with Crippen molar-refractivity contribution in [1.29, 1.82) is 0 Å². The van der Waals surface area contributed by atoms with Crippen molar-refractivity contribution in [1.82, 2.24) is 9.97 Å². The topological polar surface area (TPSA) is 25.8 Å². The smallest absolute Gasteiger partial charge is 0.164 e. The quantitative estimate of drug-likeness (QED) is 0.426. The lowest BCUT2D eigenvalue weighted by molar-refractivity contribution is 0.629. The standard InChI is InChI=1S/C15H9ClFIN2/c1-8-2-4-10(12(17)6-8)15-19-13-5-3-9(18)7-11(13)14(16)20-15/h2-7H,1H3. The van der Waals surface area contributed by atoms with Gasteiger partial charge in [0.05, 0.1) is 11.1 Å². The first-order valence-corrected chi connectivity index (χ1v) is 7.39. The second-order valence-electron chi connectivity index (χ2n) is 4.48. The molecule has 0 amide bonds. The SMILES string of the molecule is Cc1ccc(-c2nc(Cl)c3cc(I)ccc3n2)c(F)c1. The van der Waals surface area contributed by atoms with Gasteiger partial charge in [-0.05, 0) is 65.4 Å². The maximum atomic E-state index is 14.0. The van der Waals surface area contributed by atoms with Gasteiger partial charge >= 0.3 is 0 Å². The van der Waals surface area contributed by atoms with Gasteiger partial charge in [0, 0.05) is 8.96 Å². The zero-order valence-electron chi connectivity index (χ0n) is 10.5. The molecule has 0 N–H and O–H groups in total. The van der Waals surface area contributed by atoms with E-state index in [0.29, 0.717) is 22.1 Å². The van der Waals surface area contributed by atoms with Crippen LogP contribution in [0.4, 0.5) is 4.39 Å². The highest BCUT2D eigenvalue weighted by molar-refractivity contribution is 14.1. The van der Waals surface area contributed by atoms with Crippen molar-refractivity contribution >= 4 is 45.1 Å². The average Bonchev–Trinajstić information content (AvgIpc) is 2.39. The van der Waals surface area contributed by atoms with Gasteiger partial charge in [-0.25, -0.2) is 14.4 Å². The molecular weight excluding hydrogens is 390 g/mol. The van der Waals surface area contributed by atoms with E-state index in [4.69, 9.17) is 11.6 Å². The van der Waals surface area contributed by atoms with E-state index in [0.717, 1.165) is 14.5 Å². The summed E-state index contributed by atoms with van der Waals surface area (Å²) >= 11 is 8.39. The van der Waals surface area contributed by atoms with Crippen molar-refractivity contribution in [3.63, 3.8) is 0 Å². The number of rotatable bonds is 1. The van der Waals surface area contributed by atoms with Crippen molar-refractivity contribution in [3.8, 4) is 11.4 Å². The molecule has 0 aliphatic heterocycles. The zero-order chi connectivity index (χ0) is 14.3. The molecule has 0 spiro atoms. The van der Waals surface area contributed by atoms with E-state index in [1.54, 1.807) is 6.07 Å². The number of nitrogens with zero attached hydrogens (tertiary/aromatic N) is 2. The third-order valence-corrected chi connectivity index (χ3v) is 3.94. The number of hydrogen-bond donors (Lipinski definition) is 0. The highest BCUT2D eigenvalue weighted by Crippen LogP contribution is 2.27. The van der Waals surface area contributed by atoms with Crippen LogP contribution < -0.4 is 0 Å². The van der Waals surface area contributed by atoms with E-state index in [1.807, 2.05) is 31.2 Å². The summed E-state index contributed by atoms with van der Waals surface area (Å²) in [4.78, 5) is 8.61. The van der Waals surface area contributed by atoms with E-state index in [9.17, 15) is 4.39 Å². The summed E-state index contributed by atoms with van der Waals surface area (Å²) in [6, 6.07) is 10.7. The fourth-order valence-electron chi connectivity index (χ4n) is 1.99. The van der Waals surface area contributed by atoms with E-state index in [2.05, 4.69) is 32.6 Å². The lowest BCUT2D eigenvalue weighted by Crippen LogP contribution is -1.95. The van der Waals surface area contributed by atoms with Crippen LogP contribution in [0, 0.1) is 16.3 Å². The molecule has 1 heterocycles. The molecule has 100 valence electrons. The van der Waals surface area contributed by atoms with Gasteiger partial charge in [-0.2, -0.15) is 0 Å². The summed E-state index contributed by atoms with van der Waals surface area (Å²) in [6.07, 6.45) is 0. The summed E-state index contributed by atoms with van der Waals surface area (Å²) in [5.74, 6) is -0.0351. The Kier molecular flexibility index (Phi) is 3.60. The Morgan fingerprint density at radius 3 is 2.65 bits per heavy atom. The number of halogens is 3. The lowest BCUT2D eigenvalue weighted by Gasteiger charge is -2.06. The van der Waals surface area contributed by atoms with Crippen LogP contribution in [0.15, 0.2) is 36.4 Å². The summed E-state index contributed by atoms with van der Waals surface area (Å²) in [7, 11) is 0. The van der Waals surface area contributed by atoms with Gasteiger partial charge < -0.3 is 0 Å². The largest absolute Gasteiger partial charge is 0.228 e. The fraction of sp³-hybridized carbons (Fsp3) is 0.0667. The van der Waals surface area contributed by atoms with Gasteiger partial charge in [0.1, 0.15) is 11.0 Å². The van der Waals surface area contributed by atoms with Gasteiger partial charge in [0.15, 0.2) is 5.82 Å². The Morgan fingerprint density at radius 2 is 1.90 bits per heavy atom. The van der Waals surface area contributed by atoms with Gasteiger partial charge in [-0.1, -0.05) is 17.7 Å². The van der Waals surface area contributed by atoms with Crippen LogP contribution >= 0.6 is 34.2 Å². The Morgan fingerprint density at radius 1 is 1.10 bits per heavy atom. The average molecular weight is 399 g/mol. The molecule has 3 aromatic rings. The first-order valence-electron chi connectivity index (χ1n) is 5.94. The highest BCUT2D eigenvalue weighted by Gasteiger charge is 2.12. The summed E-state index contributed by atoms with van der Waals surface area (Å²) in [5, 5.41) is 1.11. The summed E-state index contributed by atoms with van der Waals surface area (Å²) in [5.41, 5.74) is 1.92. The molecule has 2 aromatic carbocycles. The molecule has 20 heavy (non-hydrogen) atoms. The van der Waals surface area contributed by atoms with Crippen LogP contribution in [0.3, 0.4) is 0 Å². The minimum Gasteiger partial charge on any atom is -0.228 e. The van der Waals surface area contributed by atoms with Crippen molar-refractivity contribution in [2.75, 3.05) is 0 Å². The molecule has 0 atom stereocenters. The van der Waals surface area contributed by atoms with Crippen LogP contribution in [0.1, 0.15) is 5.56 Å². The second-order valence-corrected chi connectivity index (χ2v) is 6.09. The summed E-state index contributed by atoms with van der Waals surface area (Å²) in [6.45, 7) is 1.84. The number of aromatic nitrogens is 2. The molecular formula is C15H9ClFIN2. The van der Waals surface area contributed by atoms with Crippen molar-refractivity contribution in [2.24, 2.45) is 0 Å². The molecule has 2 nitrogen and oxygen atoms in total. The van der Waals surface area contributed by atoms with Crippen LogP contribution in [-0.2, 0) is 0 Å². The third kappa shape index (κ3) is 2.50. The van der Waals surface area contributed by atoms with E-state index < -0.39 is 0 Å². The molecule has 1 aromatic heterocycles. The predicted octanol–water partition coefficient (Wildman–Crippen LogP) is 5.00. The van der Waals surface area contributed by atoms with E-state index in [1.165, 1.54) is 6.07 Å².